The highest BCUT2D eigenvalue weighted by Gasteiger charge is 2.13. The summed E-state index contributed by atoms with van der Waals surface area (Å²) in [5, 5.41) is 5.17. The Morgan fingerprint density at radius 1 is 1.09 bits per heavy atom. The molecule has 7 heteroatoms. The first-order valence-corrected chi connectivity index (χ1v) is 8.88. The minimum Gasteiger partial charge on any atom is -0.290 e. The zero-order chi connectivity index (χ0) is 15.3. The van der Waals surface area contributed by atoms with Crippen molar-refractivity contribution in [3.8, 4) is 11.3 Å². The molecule has 110 valence electrons. The molecule has 0 spiro atoms. The van der Waals surface area contributed by atoms with Gasteiger partial charge in [0.1, 0.15) is 0 Å². The van der Waals surface area contributed by atoms with Gasteiger partial charge in [0.15, 0.2) is 4.96 Å². The monoisotopic (exact) mass is 329 g/mol. The Morgan fingerprint density at radius 3 is 2.59 bits per heavy atom. The Hall–Kier alpha value is -2.22. The van der Waals surface area contributed by atoms with E-state index in [2.05, 4.69) is 4.98 Å². The molecule has 2 aromatic heterocycles. The minimum atomic E-state index is -3.69. The van der Waals surface area contributed by atoms with Gasteiger partial charge < -0.3 is 0 Å². The molecule has 0 aliphatic heterocycles. The van der Waals surface area contributed by atoms with Crippen molar-refractivity contribution in [1.82, 2.24) is 9.38 Å². The summed E-state index contributed by atoms with van der Waals surface area (Å²) < 4.78 is 25.7. The molecular formula is C15H11N3O2S2. The SMILES string of the molecule is NS(=O)(=O)c1ccc2c(c1)sc1nc(-c3ccccc3)cn12. The Balaban J connectivity index is 1.92. The van der Waals surface area contributed by atoms with Gasteiger partial charge in [-0.3, -0.25) is 4.40 Å². The maximum Gasteiger partial charge on any atom is 0.238 e. The van der Waals surface area contributed by atoms with E-state index >= 15 is 0 Å². The molecule has 0 aliphatic rings. The molecule has 0 saturated carbocycles. The quantitative estimate of drug-likeness (QED) is 0.614. The number of nitrogens with two attached hydrogens (primary N) is 1. The molecule has 0 aliphatic carbocycles. The predicted octanol–water partition coefficient (Wildman–Crippen LogP) is 2.86. The maximum atomic E-state index is 11.4. The number of nitrogens with zero attached hydrogens (tertiary/aromatic N) is 2. The summed E-state index contributed by atoms with van der Waals surface area (Å²) in [7, 11) is -3.69. The molecule has 2 aromatic carbocycles. The van der Waals surface area contributed by atoms with Crippen LogP contribution in [-0.4, -0.2) is 17.8 Å². The standard InChI is InChI=1S/C15H11N3O2S2/c16-22(19,20)11-6-7-13-14(8-11)21-15-17-12(9-18(13)15)10-4-2-1-3-5-10/h1-9H,(H2,16,19,20). The number of sulfonamides is 1. The Kier molecular flexibility index (Phi) is 2.83. The number of hydrogen-bond acceptors (Lipinski definition) is 4. The lowest BCUT2D eigenvalue weighted by atomic mass is 10.2. The average Bonchev–Trinajstić information content (AvgIpc) is 3.04. The molecular weight excluding hydrogens is 318 g/mol. The van der Waals surface area contributed by atoms with Gasteiger partial charge in [-0.05, 0) is 18.2 Å². The van der Waals surface area contributed by atoms with E-state index in [0.717, 1.165) is 26.4 Å². The Labute approximate surface area is 130 Å². The summed E-state index contributed by atoms with van der Waals surface area (Å²) in [5.74, 6) is 0. The van der Waals surface area contributed by atoms with Crippen molar-refractivity contribution < 1.29 is 8.42 Å². The Morgan fingerprint density at radius 2 is 1.86 bits per heavy atom. The Bertz CT molecular complexity index is 1100. The molecule has 22 heavy (non-hydrogen) atoms. The number of benzene rings is 2. The van der Waals surface area contributed by atoms with Crippen LogP contribution in [0.1, 0.15) is 0 Å². The molecule has 0 amide bonds. The topological polar surface area (TPSA) is 77.5 Å². The summed E-state index contributed by atoms with van der Waals surface area (Å²) >= 11 is 1.44. The number of fused-ring (bicyclic) bond motifs is 3. The number of aromatic nitrogens is 2. The van der Waals surface area contributed by atoms with E-state index in [9.17, 15) is 8.42 Å². The van der Waals surface area contributed by atoms with Gasteiger partial charge in [-0.2, -0.15) is 0 Å². The molecule has 4 rings (SSSR count). The second kappa shape index (κ2) is 4.64. The number of thiazole rings is 1. The zero-order valence-corrected chi connectivity index (χ0v) is 12.9. The third-order valence-corrected chi connectivity index (χ3v) is 5.39. The maximum absolute atomic E-state index is 11.4. The first kappa shape index (κ1) is 13.4. The van der Waals surface area contributed by atoms with Crippen molar-refractivity contribution in [2.75, 3.05) is 0 Å². The van der Waals surface area contributed by atoms with E-state index in [1.807, 2.05) is 40.9 Å². The number of primary sulfonamides is 1. The van der Waals surface area contributed by atoms with Crippen molar-refractivity contribution in [1.29, 1.82) is 0 Å². The van der Waals surface area contributed by atoms with E-state index in [4.69, 9.17) is 5.14 Å². The second-order valence-corrected chi connectivity index (χ2v) is 7.49. The highest BCUT2D eigenvalue weighted by atomic mass is 32.2. The highest BCUT2D eigenvalue weighted by Crippen LogP contribution is 2.30. The molecule has 0 radical (unpaired) electrons. The van der Waals surface area contributed by atoms with E-state index in [1.165, 1.54) is 17.4 Å². The van der Waals surface area contributed by atoms with Crippen molar-refractivity contribution in [2.45, 2.75) is 4.90 Å². The molecule has 0 fully saturated rings. The first-order chi connectivity index (χ1) is 10.5. The average molecular weight is 329 g/mol. The molecule has 0 atom stereocenters. The molecule has 4 aromatic rings. The van der Waals surface area contributed by atoms with Crippen LogP contribution in [0, 0.1) is 0 Å². The van der Waals surface area contributed by atoms with Crippen LogP contribution in [0.25, 0.3) is 26.4 Å². The lowest BCUT2D eigenvalue weighted by Crippen LogP contribution is -2.11. The van der Waals surface area contributed by atoms with Crippen LogP contribution in [0.2, 0.25) is 0 Å². The summed E-state index contributed by atoms with van der Waals surface area (Å²) in [4.78, 5) is 5.55. The molecule has 2 N–H and O–H groups in total. The van der Waals surface area contributed by atoms with Gasteiger partial charge in [-0.25, -0.2) is 18.5 Å². The fourth-order valence-corrected chi connectivity index (χ4v) is 4.07. The normalized spacial score (nSPS) is 12.2. The fraction of sp³-hybridized carbons (Fsp3) is 0. The van der Waals surface area contributed by atoms with Crippen LogP contribution in [0.3, 0.4) is 0 Å². The molecule has 5 nitrogen and oxygen atoms in total. The van der Waals surface area contributed by atoms with E-state index < -0.39 is 10.0 Å². The zero-order valence-electron chi connectivity index (χ0n) is 11.3. The highest BCUT2D eigenvalue weighted by molar-refractivity contribution is 7.89. The smallest absolute Gasteiger partial charge is 0.238 e. The van der Waals surface area contributed by atoms with Gasteiger partial charge in [-0.15, -0.1) is 0 Å². The number of rotatable bonds is 2. The lowest BCUT2D eigenvalue weighted by molar-refractivity contribution is 0.598. The summed E-state index contributed by atoms with van der Waals surface area (Å²) in [6.45, 7) is 0. The molecule has 0 unspecified atom stereocenters. The van der Waals surface area contributed by atoms with Crippen LogP contribution in [0.15, 0.2) is 59.6 Å². The molecule has 0 saturated heterocycles. The van der Waals surface area contributed by atoms with Crippen molar-refractivity contribution in [3.63, 3.8) is 0 Å². The van der Waals surface area contributed by atoms with Crippen LogP contribution in [-0.2, 0) is 10.0 Å². The van der Waals surface area contributed by atoms with E-state index in [-0.39, 0.29) is 4.90 Å². The molecule has 2 heterocycles. The van der Waals surface area contributed by atoms with Crippen LogP contribution in [0.4, 0.5) is 0 Å². The lowest BCUT2D eigenvalue weighted by Gasteiger charge is -1.98. The predicted molar refractivity (Wildman–Crippen MR) is 87.4 cm³/mol. The largest absolute Gasteiger partial charge is 0.290 e. The third-order valence-electron chi connectivity index (χ3n) is 3.46. The van der Waals surface area contributed by atoms with Gasteiger partial charge in [-0.1, -0.05) is 41.7 Å². The summed E-state index contributed by atoms with van der Waals surface area (Å²) in [6.07, 6.45) is 1.96. The van der Waals surface area contributed by atoms with Crippen LogP contribution >= 0.6 is 11.3 Å². The van der Waals surface area contributed by atoms with Crippen LogP contribution in [0.5, 0.6) is 0 Å². The van der Waals surface area contributed by atoms with Crippen molar-refractivity contribution >= 4 is 36.5 Å². The fourth-order valence-electron chi connectivity index (χ4n) is 2.41. The molecule has 0 bridgehead atoms. The van der Waals surface area contributed by atoms with Gasteiger partial charge >= 0.3 is 0 Å². The van der Waals surface area contributed by atoms with Gasteiger partial charge in [0, 0.05) is 11.8 Å². The van der Waals surface area contributed by atoms with Gasteiger partial charge in [0.2, 0.25) is 10.0 Å². The third kappa shape index (κ3) is 2.10. The van der Waals surface area contributed by atoms with E-state index in [1.54, 1.807) is 12.1 Å². The van der Waals surface area contributed by atoms with Crippen molar-refractivity contribution in [2.24, 2.45) is 5.14 Å². The van der Waals surface area contributed by atoms with Crippen LogP contribution < -0.4 is 5.14 Å². The van der Waals surface area contributed by atoms with Gasteiger partial charge in [0.05, 0.1) is 20.8 Å². The summed E-state index contributed by atoms with van der Waals surface area (Å²) in [5.41, 5.74) is 2.86. The number of imidazole rings is 1. The summed E-state index contributed by atoms with van der Waals surface area (Å²) in [6, 6.07) is 14.8. The number of hydrogen-bond donors (Lipinski definition) is 1. The van der Waals surface area contributed by atoms with Gasteiger partial charge in [0.25, 0.3) is 0 Å². The van der Waals surface area contributed by atoms with Crippen molar-refractivity contribution in [3.05, 3.63) is 54.7 Å². The second-order valence-electron chi connectivity index (χ2n) is 4.92. The minimum absolute atomic E-state index is 0.118. The first-order valence-electron chi connectivity index (χ1n) is 6.52. The van der Waals surface area contributed by atoms with E-state index in [0.29, 0.717) is 0 Å².